The average Bonchev–Trinajstić information content (AvgIpc) is 1.90. The van der Waals surface area contributed by atoms with Crippen LogP contribution in [0.1, 0.15) is 20.3 Å². The highest BCUT2D eigenvalue weighted by molar-refractivity contribution is 5.71. The number of nitrogens with one attached hydrogen (secondary N) is 1. The maximum Gasteiger partial charge on any atom is 0.0691 e. The van der Waals surface area contributed by atoms with Gasteiger partial charge in [0.1, 0.15) is 0 Å². The minimum Gasteiger partial charge on any atom is -0.379 e. The molecule has 0 radical (unpaired) electrons. The second kappa shape index (κ2) is 2.21. The van der Waals surface area contributed by atoms with Crippen molar-refractivity contribution in [3.05, 3.63) is 12.4 Å². The average molecular weight is 124 g/mol. The van der Waals surface area contributed by atoms with Crippen LogP contribution in [0.3, 0.4) is 0 Å². The summed E-state index contributed by atoms with van der Waals surface area (Å²) in [6.45, 7) is 4.26. The lowest BCUT2D eigenvalue weighted by Crippen LogP contribution is -2.41. The molecule has 0 spiro atoms. The van der Waals surface area contributed by atoms with Gasteiger partial charge in [-0.2, -0.15) is 0 Å². The van der Waals surface area contributed by atoms with Crippen molar-refractivity contribution in [1.82, 2.24) is 5.32 Å². The van der Waals surface area contributed by atoms with E-state index >= 15 is 0 Å². The van der Waals surface area contributed by atoms with E-state index in [0.29, 0.717) is 0 Å². The molecule has 2 nitrogen and oxygen atoms in total. The summed E-state index contributed by atoms with van der Waals surface area (Å²) < 4.78 is 0. The van der Waals surface area contributed by atoms with Gasteiger partial charge in [0.25, 0.3) is 0 Å². The Kier molecular flexibility index (Phi) is 1.56. The molecule has 9 heavy (non-hydrogen) atoms. The monoisotopic (exact) mass is 124 g/mol. The molecule has 1 heterocycles. The maximum absolute atomic E-state index is 4.03. The first-order valence-electron chi connectivity index (χ1n) is 3.24. The third-order valence-electron chi connectivity index (χ3n) is 1.67. The lowest BCUT2D eigenvalue weighted by molar-refractivity contribution is 0.523. The minimum absolute atomic E-state index is 0.0920. The molecule has 0 saturated carbocycles. The van der Waals surface area contributed by atoms with Crippen LogP contribution in [-0.4, -0.2) is 11.8 Å². The lowest BCUT2D eigenvalue weighted by atomic mass is 10.0. The van der Waals surface area contributed by atoms with Crippen LogP contribution in [0.4, 0.5) is 0 Å². The van der Waals surface area contributed by atoms with Crippen molar-refractivity contribution in [3.8, 4) is 0 Å². The number of hydrogen-bond donors (Lipinski definition) is 1. The molecule has 1 rings (SSSR count). The van der Waals surface area contributed by atoms with Crippen LogP contribution in [0, 0.1) is 0 Å². The normalized spacial score (nSPS) is 32.2. The summed E-state index contributed by atoms with van der Waals surface area (Å²) in [6.07, 6.45) is 6.65. The third-order valence-corrected chi connectivity index (χ3v) is 1.67. The van der Waals surface area contributed by atoms with Crippen molar-refractivity contribution in [2.75, 3.05) is 0 Å². The second-order valence-electron chi connectivity index (χ2n) is 2.51. The highest BCUT2D eigenvalue weighted by Gasteiger charge is 2.17. The van der Waals surface area contributed by atoms with Gasteiger partial charge in [0.05, 0.1) is 5.54 Å². The van der Waals surface area contributed by atoms with Crippen LogP contribution < -0.4 is 5.32 Å². The van der Waals surface area contributed by atoms with Crippen LogP contribution in [0.25, 0.3) is 0 Å². The van der Waals surface area contributed by atoms with Crippen molar-refractivity contribution in [1.29, 1.82) is 0 Å². The number of hydrogen-bond acceptors (Lipinski definition) is 2. The molecular weight excluding hydrogens is 112 g/mol. The van der Waals surface area contributed by atoms with Gasteiger partial charge in [-0.1, -0.05) is 6.92 Å². The zero-order chi connectivity index (χ0) is 6.74. The van der Waals surface area contributed by atoms with E-state index in [1.165, 1.54) is 0 Å². The summed E-state index contributed by atoms with van der Waals surface area (Å²) >= 11 is 0. The van der Waals surface area contributed by atoms with E-state index in [9.17, 15) is 0 Å². The molecular formula is C7H12N2. The largest absolute Gasteiger partial charge is 0.379 e. The van der Waals surface area contributed by atoms with Crippen molar-refractivity contribution in [2.24, 2.45) is 4.99 Å². The Hall–Kier alpha value is -0.790. The molecule has 0 amide bonds. The van der Waals surface area contributed by atoms with Gasteiger partial charge in [-0.15, -0.1) is 0 Å². The van der Waals surface area contributed by atoms with Crippen LogP contribution >= 0.6 is 0 Å². The highest BCUT2D eigenvalue weighted by Crippen LogP contribution is 2.07. The van der Waals surface area contributed by atoms with Gasteiger partial charge in [0.2, 0.25) is 0 Å². The third kappa shape index (κ3) is 1.31. The zero-order valence-corrected chi connectivity index (χ0v) is 5.89. The molecule has 1 N–H and O–H groups in total. The second-order valence-corrected chi connectivity index (χ2v) is 2.51. The van der Waals surface area contributed by atoms with Crippen LogP contribution in [0.15, 0.2) is 17.4 Å². The number of aliphatic imine (C=N–C) groups is 1. The Morgan fingerprint density at radius 3 is 2.78 bits per heavy atom. The van der Waals surface area contributed by atoms with Gasteiger partial charge in [0, 0.05) is 18.6 Å². The van der Waals surface area contributed by atoms with Crippen LogP contribution in [0.2, 0.25) is 0 Å². The molecule has 0 aromatic heterocycles. The van der Waals surface area contributed by atoms with E-state index < -0.39 is 0 Å². The number of nitrogens with zero attached hydrogens (tertiary/aromatic N) is 1. The van der Waals surface area contributed by atoms with E-state index in [4.69, 9.17) is 0 Å². The van der Waals surface area contributed by atoms with Gasteiger partial charge in [0.15, 0.2) is 0 Å². The molecule has 0 bridgehead atoms. The summed E-state index contributed by atoms with van der Waals surface area (Å²) in [6, 6.07) is 0. The fraction of sp³-hybridized carbons (Fsp3) is 0.571. The van der Waals surface area contributed by atoms with E-state index in [0.717, 1.165) is 6.42 Å². The Morgan fingerprint density at radius 2 is 2.44 bits per heavy atom. The van der Waals surface area contributed by atoms with Crippen LogP contribution in [-0.2, 0) is 0 Å². The smallest absolute Gasteiger partial charge is 0.0691 e. The summed E-state index contributed by atoms with van der Waals surface area (Å²) in [5.41, 5.74) is 0.0920. The molecule has 1 aliphatic heterocycles. The first kappa shape index (κ1) is 6.33. The highest BCUT2D eigenvalue weighted by atomic mass is 15.0. The predicted molar refractivity (Wildman–Crippen MR) is 39.5 cm³/mol. The molecule has 1 unspecified atom stereocenters. The first-order chi connectivity index (χ1) is 4.27. The van der Waals surface area contributed by atoms with Gasteiger partial charge in [-0.3, -0.25) is 4.99 Å². The lowest BCUT2D eigenvalue weighted by Gasteiger charge is -2.25. The first-order valence-corrected chi connectivity index (χ1v) is 3.24. The Morgan fingerprint density at radius 1 is 1.67 bits per heavy atom. The summed E-state index contributed by atoms with van der Waals surface area (Å²) in [4.78, 5) is 4.03. The fourth-order valence-electron chi connectivity index (χ4n) is 0.709. The molecule has 2 heteroatoms. The minimum atomic E-state index is 0.0920. The molecule has 0 fully saturated rings. The summed E-state index contributed by atoms with van der Waals surface area (Å²) in [5, 5.41) is 3.22. The number of rotatable bonds is 1. The Bertz CT molecular complexity index is 149. The molecule has 0 aliphatic carbocycles. The maximum atomic E-state index is 4.03. The van der Waals surface area contributed by atoms with Crippen LogP contribution in [0.5, 0.6) is 0 Å². The summed E-state index contributed by atoms with van der Waals surface area (Å²) in [7, 11) is 0. The molecule has 0 saturated heterocycles. The van der Waals surface area contributed by atoms with Gasteiger partial charge in [-0.05, 0) is 13.3 Å². The molecule has 1 aliphatic rings. The van der Waals surface area contributed by atoms with E-state index in [-0.39, 0.29) is 5.54 Å². The molecule has 0 aromatic carbocycles. The van der Waals surface area contributed by atoms with Crippen molar-refractivity contribution in [2.45, 2.75) is 25.8 Å². The predicted octanol–water partition coefficient (Wildman–Crippen LogP) is 1.30. The Balaban J connectivity index is 2.63. The van der Waals surface area contributed by atoms with Crippen molar-refractivity contribution in [3.63, 3.8) is 0 Å². The quantitative estimate of drug-likeness (QED) is 0.559. The fourth-order valence-corrected chi connectivity index (χ4v) is 0.709. The SMILES string of the molecule is CCC1(C)C=NC=CN1. The summed E-state index contributed by atoms with van der Waals surface area (Å²) in [5.74, 6) is 0. The van der Waals surface area contributed by atoms with E-state index in [1.54, 1.807) is 6.20 Å². The van der Waals surface area contributed by atoms with Crippen molar-refractivity contribution < 1.29 is 0 Å². The molecule has 1 atom stereocenters. The van der Waals surface area contributed by atoms with Gasteiger partial charge >= 0.3 is 0 Å². The zero-order valence-electron chi connectivity index (χ0n) is 5.89. The van der Waals surface area contributed by atoms with Gasteiger partial charge in [-0.25, -0.2) is 0 Å². The topological polar surface area (TPSA) is 24.4 Å². The standard InChI is InChI=1S/C7H12N2/c1-3-7(2)6-8-4-5-9-7/h4-6,9H,3H2,1-2H3. The van der Waals surface area contributed by atoms with E-state index in [1.807, 2.05) is 12.4 Å². The van der Waals surface area contributed by atoms with E-state index in [2.05, 4.69) is 24.2 Å². The Labute approximate surface area is 55.7 Å². The molecule has 0 aromatic rings. The van der Waals surface area contributed by atoms with Crippen molar-refractivity contribution >= 4 is 6.21 Å². The van der Waals surface area contributed by atoms with Gasteiger partial charge < -0.3 is 5.32 Å². The molecule has 50 valence electrons.